The third-order valence-electron chi connectivity index (χ3n) is 4.48. The lowest BCUT2D eigenvalue weighted by molar-refractivity contribution is -0.141. The molecule has 2 aliphatic heterocycles. The summed E-state index contributed by atoms with van der Waals surface area (Å²) in [7, 11) is 0. The fourth-order valence-corrected chi connectivity index (χ4v) is 3.21. The first-order valence-corrected chi connectivity index (χ1v) is 6.44. The van der Waals surface area contributed by atoms with Gasteiger partial charge in [0.25, 0.3) is 5.91 Å². The van der Waals surface area contributed by atoms with Crippen molar-refractivity contribution < 1.29 is 19.1 Å². The molecule has 0 radical (unpaired) electrons. The van der Waals surface area contributed by atoms with Crippen molar-refractivity contribution >= 4 is 11.9 Å². The number of likely N-dealkylation sites (tertiary alicyclic amines) is 1. The standard InChI is InChI=1S/C12H17FN2O3/c13-12-1-2-14-4-8(12)6-15(11(12)18)5-7-3-9(7)10(16)17/h7-9,14H,1-6H2,(H,16,17)/t7?,8-,9?,12+/m0/s1. The molecule has 18 heavy (non-hydrogen) atoms. The Morgan fingerprint density at radius 1 is 1.61 bits per heavy atom. The van der Waals surface area contributed by atoms with Crippen molar-refractivity contribution in [2.24, 2.45) is 17.8 Å². The van der Waals surface area contributed by atoms with Gasteiger partial charge in [-0.3, -0.25) is 9.59 Å². The molecule has 2 unspecified atom stereocenters. The van der Waals surface area contributed by atoms with Gasteiger partial charge in [-0.25, -0.2) is 4.39 Å². The summed E-state index contributed by atoms with van der Waals surface area (Å²) in [5.74, 6) is -1.83. The Labute approximate surface area is 104 Å². The number of nitrogens with zero attached hydrogens (tertiary/aromatic N) is 1. The number of hydrogen-bond acceptors (Lipinski definition) is 3. The fraction of sp³-hybridized carbons (Fsp3) is 0.833. The highest BCUT2D eigenvalue weighted by atomic mass is 19.1. The predicted octanol–water partition coefficient (Wildman–Crippen LogP) is -0.133. The van der Waals surface area contributed by atoms with Crippen molar-refractivity contribution in [3.8, 4) is 0 Å². The minimum absolute atomic E-state index is 0.0168. The Bertz CT molecular complexity index is 403. The number of alkyl halides is 1. The summed E-state index contributed by atoms with van der Waals surface area (Å²) in [5.41, 5.74) is -1.71. The number of carbonyl (C=O) groups excluding carboxylic acids is 1. The van der Waals surface area contributed by atoms with Crippen LogP contribution in [0.4, 0.5) is 4.39 Å². The zero-order chi connectivity index (χ0) is 12.9. The average molecular weight is 256 g/mol. The minimum atomic E-state index is -1.71. The highest BCUT2D eigenvalue weighted by molar-refractivity contribution is 5.88. The van der Waals surface area contributed by atoms with Crippen LogP contribution in [0.3, 0.4) is 0 Å². The minimum Gasteiger partial charge on any atom is -0.481 e. The average Bonchev–Trinajstić information content (AvgIpc) is 3.04. The van der Waals surface area contributed by atoms with Crippen molar-refractivity contribution in [2.45, 2.75) is 18.5 Å². The van der Waals surface area contributed by atoms with Gasteiger partial charge in [-0.2, -0.15) is 0 Å². The van der Waals surface area contributed by atoms with E-state index < -0.39 is 17.5 Å². The summed E-state index contributed by atoms with van der Waals surface area (Å²) in [4.78, 5) is 24.4. The van der Waals surface area contributed by atoms with Crippen LogP contribution in [0.1, 0.15) is 12.8 Å². The summed E-state index contributed by atoms with van der Waals surface area (Å²) in [6, 6.07) is 0. The second-order valence-corrected chi connectivity index (χ2v) is 5.66. The molecule has 3 aliphatic rings. The van der Waals surface area contributed by atoms with Crippen LogP contribution < -0.4 is 5.32 Å². The normalized spacial score (nSPS) is 42.8. The number of carboxylic acids is 1. The first-order valence-electron chi connectivity index (χ1n) is 6.44. The van der Waals surface area contributed by atoms with Crippen LogP contribution in [0.15, 0.2) is 0 Å². The molecule has 100 valence electrons. The molecule has 0 spiro atoms. The largest absolute Gasteiger partial charge is 0.481 e. The van der Waals surface area contributed by atoms with Gasteiger partial charge in [0.1, 0.15) is 0 Å². The maximum Gasteiger partial charge on any atom is 0.306 e. The van der Waals surface area contributed by atoms with E-state index in [0.29, 0.717) is 32.6 Å². The number of piperidine rings is 1. The van der Waals surface area contributed by atoms with E-state index in [2.05, 4.69) is 5.32 Å². The van der Waals surface area contributed by atoms with Crippen molar-refractivity contribution in [2.75, 3.05) is 26.2 Å². The third-order valence-corrected chi connectivity index (χ3v) is 4.48. The molecular formula is C12H17FN2O3. The van der Waals surface area contributed by atoms with Crippen LogP contribution in [0.5, 0.6) is 0 Å². The van der Waals surface area contributed by atoms with E-state index >= 15 is 0 Å². The zero-order valence-electron chi connectivity index (χ0n) is 10.1. The first kappa shape index (κ1) is 11.9. The van der Waals surface area contributed by atoms with Crippen molar-refractivity contribution in [1.82, 2.24) is 10.2 Å². The van der Waals surface area contributed by atoms with E-state index in [4.69, 9.17) is 5.11 Å². The second kappa shape index (κ2) is 3.91. The van der Waals surface area contributed by atoms with Gasteiger partial charge in [0.15, 0.2) is 5.67 Å². The Hall–Kier alpha value is -1.17. The fourth-order valence-electron chi connectivity index (χ4n) is 3.21. The molecule has 5 nitrogen and oxygen atoms in total. The molecule has 0 aromatic carbocycles. The van der Waals surface area contributed by atoms with E-state index in [1.807, 2.05) is 0 Å². The summed E-state index contributed by atoms with van der Waals surface area (Å²) in [5, 5.41) is 11.9. The van der Waals surface area contributed by atoms with Gasteiger partial charge in [-0.1, -0.05) is 0 Å². The molecule has 4 atom stereocenters. The number of hydrogen-bond donors (Lipinski definition) is 2. The lowest BCUT2D eigenvalue weighted by Gasteiger charge is -2.29. The van der Waals surface area contributed by atoms with Crippen LogP contribution in [-0.2, 0) is 9.59 Å². The molecule has 1 amide bonds. The topological polar surface area (TPSA) is 69.6 Å². The zero-order valence-corrected chi connectivity index (χ0v) is 10.1. The van der Waals surface area contributed by atoms with E-state index in [9.17, 15) is 14.0 Å². The molecule has 0 bridgehead atoms. The molecule has 1 saturated carbocycles. The van der Waals surface area contributed by atoms with Crippen LogP contribution in [0, 0.1) is 17.8 Å². The number of nitrogens with one attached hydrogen (secondary N) is 1. The lowest BCUT2D eigenvalue weighted by atomic mass is 9.86. The highest BCUT2D eigenvalue weighted by Crippen LogP contribution is 2.43. The second-order valence-electron chi connectivity index (χ2n) is 5.66. The molecule has 2 saturated heterocycles. The van der Waals surface area contributed by atoms with Gasteiger partial charge in [0.2, 0.25) is 0 Å². The summed E-state index contributed by atoms with van der Waals surface area (Å²) in [6.45, 7) is 1.89. The number of aliphatic carboxylic acids is 1. The highest BCUT2D eigenvalue weighted by Gasteiger charge is 2.57. The molecule has 1 aliphatic carbocycles. The smallest absolute Gasteiger partial charge is 0.306 e. The monoisotopic (exact) mass is 256 g/mol. The van der Waals surface area contributed by atoms with Gasteiger partial charge in [0, 0.05) is 32.0 Å². The molecule has 0 aromatic heterocycles. The van der Waals surface area contributed by atoms with Gasteiger partial charge in [0.05, 0.1) is 5.92 Å². The maximum absolute atomic E-state index is 14.6. The number of carbonyl (C=O) groups is 2. The van der Waals surface area contributed by atoms with E-state index in [-0.39, 0.29) is 24.2 Å². The summed E-state index contributed by atoms with van der Waals surface area (Å²) in [6.07, 6.45) is 0.849. The van der Waals surface area contributed by atoms with Crippen LogP contribution in [0.25, 0.3) is 0 Å². The number of rotatable bonds is 3. The Morgan fingerprint density at radius 3 is 3.00 bits per heavy atom. The number of fused-ring (bicyclic) bond motifs is 1. The molecule has 2 N–H and O–H groups in total. The Balaban J connectivity index is 1.65. The Kier molecular flexibility index (Phi) is 2.59. The molecule has 2 heterocycles. The van der Waals surface area contributed by atoms with E-state index in [1.165, 1.54) is 4.90 Å². The van der Waals surface area contributed by atoms with Crippen LogP contribution in [0.2, 0.25) is 0 Å². The first-order chi connectivity index (χ1) is 8.52. The summed E-state index contributed by atoms with van der Waals surface area (Å²) >= 11 is 0. The molecule has 3 fully saturated rings. The van der Waals surface area contributed by atoms with Gasteiger partial charge in [-0.15, -0.1) is 0 Å². The number of carboxylic acid groups (broad SMARTS) is 1. The van der Waals surface area contributed by atoms with E-state index in [0.717, 1.165) is 0 Å². The number of amides is 1. The molecule has 0 aromatic rings. The lowest BCUT2D eigenvalue weighted by Crippen LogP contribution is -2.49. The van der Waals surface area contributed by atoms with E-state index in [1.54, 1.807) is 0 Å². The van der Waals surface area contributed by atoms with Crippen molar-refractivity contribution in [3.05, 3.63) is 0 Å². The maximum atomic E-state index is 14.6. The van der Waals surface area contributed by atoms with Crippen LogP contribution in [-0.4, -0.2) is 53.7 Å². The van der Waals surface area contributed by atoms with Crippen LogP contribution >= 0.6 is 0 Å². The van der Waals surface area contributed by atoms with Crippen molar-refractivity contribution in [1.29, 1.82) is 0 Å². The number of halogens is 1. The third kappa shape index (κ3) is 1.70. The van der Waals surface area contributed by atoms with Gasteiger partial charge in [-0.05, 0) is 18.9 Å². The van der Waals surface area contributed by atoms with Gasteiger partial charge >= 0.3 is 5.97 Å². The SMILES string of the molecule is O=C(O)C1CC1CN1C[C@@H]2CNCC[C@]2(F)C1=O. The Morgan fingerprint density at radius 2 is 2.39 bits per heavy atom. The quantitative estimate of drug-likeness (QED) is 0.738. The molecular weight excluding hydrogens is 239 g/mol. The molecule has 6 heteroatoms. The summed E-state index contributed by atoms with van der Waals surface area (Å²) < 4.78 is 14.6. The van der Waals surface area contributed by atoms with Crippen molar-refractivity contribution in [3.63, 3.8) is 0 Å². The predicted molar refractivity (Wildman–Crippen MR) is 60.6 cm³/mol. The van der Waals surface area contributed by atoms with Gasteiger partial charge < -0.3 is 15.3 Å². The molecule has 3 rings (SSSR count).